The summed E-state index contributed by atoms with van der Waals surface area (Å²) >= 11 is 0.944. The van der Waals surface area contributed by atoms with Crippen molar-refractivity contribution in [2.45, 2.75) is 5.22 Å². The molecular formula is C20H17N2O4S-. The molecule has 4 rings (SSSR count). The van der Waals surface area contributed by atoms with Crippen molar-refractivity contribution in [1.29, 1.82) is 0 Å². The molecule has 0 radical (unpaired) electrons. The van der Waals surface area contributed by atoms with Crippen LogP contribution in [0.25, 0.3) is 17.2 Å². The molecule has 0 spiro atoms. The number of fused-ring (bicyclic) bond motifs is 1. The molecule has 1 aromatic heterocycles. The van der Waals surface area contributed by atoms with Crippen LogP contribution in [0.3, 0.4) is 0 Å². The summed E-state index contributed by atoms with van der Waals surface area (Å²) in [7, 11) is 0. The molecular weight excluding hydrogens is 364 g/mol. The first-order chi connectivity index (χ1) is 13.2. The number of carboxylic acid groups (broad SMARTS) is 1. The molecule has 1 aliphatic heterocycles. The van der Waals surface area contributed by atoms with E-state index in [4.69, 9.17) is 9.15 Å². The highest BCUT2D eigenvalue weighted by Gasteiger charge is 2.12. The number of carbonyl (C=O) groups excluding carboxylic acids is 1. The van der Waals surface area contributed by atoms with Gasteiger partial charge in [0.2, 0.25) is 0 Å². The lowest BCUT2D eigenvalue weighted by atomic mass is 10.1. The summed E-state index contributed by atoms with van der Waals surface area (Å²) in [6.07, 6.45) is 1.57. The molecule has 0 saturated carbocycles. The fourth-order valence-electron chi connectivity index (χ4n) is 2.87. The minimum atomic E-state index is -1.26. The van der Waals surface area contributed by atoms with Crippen molar-refractivity contribution in [2.75, 3.05) is 31.2 Å². The number of morpholine rings is 1. The fourth-order valence-corrected chi connectivity index (χ4v) is 3.62. The van der Waals surface area contributed by atoms with Gasteiger partial charge < -0.3 is 24.0 Å². The van der Waals surface area contributed by atoms with Gasteiger partial charge in [0.05, 0.1) is 19.2 Å². The normalized spacial score (nSPS) is 15.3. The van der Waals surface area contributed by atoms with Gasteiger partial charge >= 0.3 is 0 Å². The summed E-state index contributed by atoms with van der Waals surface area (Å²) in [5, 5.41) is 11.8. The molecule has 0 N–H and O–H groups in total. The van der Waals surface area contributed by atoms with E-state index in [9.17, 15) is 9.90 Å². The van der Waals surface area contributed by atoms with E-state index in [1.165, 1.54) is 0 Å². The zero-order valence-electron chi connectivity index (χ0n) is 14.5. The molecule has 3 aromatic rings. The van der Waals surface area contributed by atoms with Crippen molar-refractivity contribution in [3.05, 3.63) is 59.0 Å². The number of oxazole rings is 1. The predicted octanol–water partition coefficient (Wildman–Crippen LogP) is 2.55. The van der Waals surface area contributed by atoms with Crippen LogP contribution in [0, 0.1) is 0 Å². The second kappa shape index (κ2) is 7.85. The second-order valence-corrected chi connectivity index (χ2v) is 7.03. The number of nitrogens with zero attached hydrogens (tertiary/aromatic N) is 2. The molecule has 27 heavy (non-hydrogen) atoms. The zero-order valence-corrected chi connectivity index (χ0v) is 15.3. The summed E-state index contributed by atoms with van der Waals surface area (Å²) in [4.78, 5) is 18.1. The van der Waals surface area contributed by atoms with Crippen molar-refractivity contribution >= 4 is 40.6 Å². The standard InChI is InChI=1S/C20H18N2O4S/c23-19(24)18(27-20-21-16-3-1-2-4-17(16)26-20)13-14-5-7-15(8-6-14)22-9-11-25-12-10-22/h1-8,13H,9-12H2,(H,23,24)/p-1/b18-13+. The third-order valence-corrected chi connectivity index (χ3v) is 5.09. The molecule has 0 bridgehead atoms. The predicted molar refractivity (Wildman–Crippen MR) is 102 cm³/mol. The number of benzene rings is 2. The van der Waals surface area contributed by atoms with Gasteiger partial charge in [0.15, 0.2) is 5.58 Å². The van der Waals surface area contributed by atoms with Crippen molar-refractivity contribution in [3.8, 4) is 0 Å². The average Bonchev–Trinajstić information content (AvgIpc) is 3.11. The summed E-state index contributed by atoms with van der Waals surface area (Å²) < 4.78 is 10.9. The van der Waals surface area contributed by atoms with Gasteiger partial charge in [0.25, 0.3) is 5.22 Å². The van der Waals surface area contributed by atoms with Crippen molar-refractivity contribution in [3.63, 3.8) is 0 Å². The van der Waals surface area contributed by atoms with E-state index in [0.717, 1.165) is 49.3 Å². The number of para-hydroxylation sites is 2. The van der Waals surface area contributed by atoms with Gasteiger partial charge in [-0.1, -0.05) is 24.3 Å². The highest BCUT2D eigenvalue weighted by molar-refractivity contribution is 8.03. The van der Waals surface area contributed by atoms with Crippen LogP contribution in [0.4, 0.5) is 5.69 Å². The van der Waals surface area contributed by atoms with Gasteiger partial charge in [0.1, 0.15) is 5.52 Å². The second-order valence-electron chi connectivity index (χ2n) is 6.04. The number of thioether (sulfide) groups is 1. The van der Waals surface area contributed by atoms with E-state index >= 15 is 0 Å². The highest BCUT2D eigenvalue weighted by Crippen LogP contribution is 2.30. The van der Waals surface area contributed by atoms with Gasteiger partial charge in [-0.3, -0.25) is 0 Å². The summed E-state index contributed by atoms with van der Waals surface area (Å²) in [5.41, 5.74) is 3.17. The number of ether oxygens (including phenoxy) is 1. The Bertz CT molecular complexity index is 942. The van der Waals surface area contributed by atoms with Crippen LogP contribution in [-0.2, 0) is 9.53 Å². The first-order valence-electron chi connectivity index (χ1n) is 8.58. The van der Waals surface area contributed by atoms with Crippen LogP contribution < -0.4 is 10.0 Å². The first-order valence-corrected chi connectivity index (χ1v) is 9.40. The van der Waals surface area contributed by atoms with Crippen molar-refractivity contribution < 1.29 is 19.1 Å². The van der Waals surface area contributed by atoms with Gasteiger partial charge in [-0.25, -0.2) is 4.98 Å². The first kappa shape index (κ1) is 17.6. The Balaban J connectivity index is 1.54. The number of aromatic nitrogens is 1. The third-order valence-electron chi connectivity index (χ3n) is 4.24. The molecule has 0 atom stereocenters. The smallest absolute Gasteiger partial charge is 0.261 e. The van der Waals surface area contributed by atoms with Gasteiger partial charge in [-0.05, 0) is 47.7 Å². The van der Waals surface area contributed by atoms with E-state index in [2.05, 4.69) is 9.88 Å². The Morgan fingerprint density at radius 2 is 1.85 bits per heavy atom. The number of anilines is 1. The topological polar surface area (TPSA) is 78.6 Å². The Kier molecular flexibility index (Phi) is 5.13. The average molecular weight is 381 g/mol. The lowest BCUT2D eigenvalue weighted by Crippen LogP contribution is -2.36. The molecule has 0 unspecified atom stereocenters. The van der Waals surface area contributed by atoms with E-state index in [-0.39, 0.29) is 10.1 Å². The van der Waals surface area contributed by atoms with Crippen LogP contribution in [0.5, 0.6) is 0 Å². The van der Waals surface area contributed by atoms with Crippen LogP contribution in [0.2, 0.25) is 0 Å². The van der Waals surface area contributed by atoms with Crippen LogP contribution in [-0.4, -0.2) is 37.3 Å². The lowest BCUT2D eigenvalue weighted by molar-refractivity contribution is -0.298. The molecule has 1 aliphatic rings. The third kappa shape index (κ3) is 4.15. The molecule has 2 aromatic carbocycles. The number of carboxylic acids is 1. The monoisotopic (exact) mass is 381 g/mol. The Morgan fingerprint density at radius 1 is 1.11 bits per heavy atom. The molecule has 0 aliphatic carbocycles. The lowest BCUT2D eigenvalue weighted by Gasteiger charge is -2.28. The highest BCUT2D eigenvalue weighted by atomic mass is 32.2. The molecule has 1 fully saturated rings. The van der Waals surface area contributed by atoms with E-state index in [1.54, 1.807) is 12.1 Å². The van der Waals surface area contributed by atoms with E-state index in [1.807, 2.05) is 42.5 Å². The molecule has 7 heteroatoms. The molecule has 1 saturated heterocycles. The van der Waals surface area contributed by atoms with Crippen molar-refractivity contribution in [1.82, 2.24) is 4.98 Å². The minimum Gasteiger partial charge on any atom is -0.544 e. The largest absolute Gasteiger partial charge is 0.544 e. The fraction of sp³-hybridized carbons (Fsp3) is 0.200. The summed E-state index contributed by atoms with van der Waals surface area (Å²) in [5.74, 6) is -1.26. The number of carbonyl (C=O) groups is 1. The van der Waals surface area contributed by atoms with Gasteiger partial charge in [-0.15, -0.1) is 0 Å². The Labute approximate surface area is 160 Å². The summed E-state index contributed by atoms with van der Waals surface area (Å²) in [6.45, 7) is 3.15. The molecule has 2 heterocycles. The summed E-state index contributed by atoms with van der Waals surface area (Å²) in [6, 6.07) is 15.0. The SMILES string of the molecule is O=C([O-])/C(=C\c1ccc(N2CCOCC2)cc1)Sc1nc2ccccc2o1. The van der Waals surface area contributed by atoms with Gasteiger partial charge in [-0.2, -0.15) is 0 Å². The quantitative estimate of drug-likeness (QED) is 0.496. The van der Waals surface area contributed by atoms with Gasteiger partial charge in [0, 0.05) is 23.7 Å². The van der Waals surface area contributed by atoms with Crippen molar-refractivity contribution in [2.24, 2.45) is 0 Å². The van der Waals surface area contributed by atoms with Crippen LogP contribution in [0.1, 0.15) is 5.56 Å². The maximum Gasteiger partial charge on any atom is 0.261 e. The van der Waals surface area contributed by atoms with Crippen LogP contribution in [0.15, 0.2) is 63.1 Å². The van der Waals surface area contributed by atoms with Crippen LogP contribution >= 0.6 is 11.8 Å². The number of hydrogen-bond donors (Lipinski definition) is 0. The minimum absolute atomic E-state index is 0.0423. The maximum atomic E-state index is 11.5. The maximum absolute atomic E-state index is 11.5. The van der Waals surface area contributed by atoms with E-state index in [0.29, 0.717) is 11.1 Å². The Hall–Kier alpha value is -2.77. The number of rotatable bonds is 5. The zero-order chi connectivity index (χ0) is 18.6. The molecule has 138 valence electrons. The Morgan fingerprint density at radius 3 is 2.56 bits per heavy atom. The number of hydrogen-bond acceptors (Lipinski definition) is 7. The van der Waals surface area contributed by atoms with E-state index < -0.39 is 5.97 Å². The molecule has 0 amide bonds. The molecule has 6 nitrogen and oxygen atoms in total. The number of aliphatic carboxylic acids is 1.